The fourth-order valence-corrected chi connectivity index (χ4v) is 3.09. The molecule has 1 aliphatic heterocycles. The van der Waals surface area contributed by atoms with Gasteiger partial charge in [0.05, 0.1) is 16.9 Å². The minimum Gasteiger partial charge on any atom is -0.482 e. The lowest BCUT2D eigenvalue weighted by Gasteiger charge is -2.20. The van der Waals surface area contributed by atoms with E-state index in [1.165, 1.54) is 0 Å². The Morgan fingerprint density at radius 1 is 1.08 bits per heavy atom. The maximum Gasteiger partial charge on any atom is 0.262 e. The molecule has 0 aliphatic carbocycles. The summed E-state index contributed by atoms with van der Waals surface area (Å²) >= 11 is 6.12. The molecule has 0 saturated heterocycles. The zero-order valence-electron chi connectivity index (χ0n) is 13.5. The molecule has 2 N–H and O–H groups in total. The lowest BCUT2D eigenvalue weighted by Crippen LogP contribution is -2.36. The molecule has 6 nitrogen and oxygen atoms in total. The lowest BCUT2D eigenvalue weighted by molar-refractivity contribution is -0.118. The van der Waals surface area contributed by atoms with Crippen molar-refractivity contribution in [2.75, 3.05) is 17.2 Å². The van der Waals surface area contributed by atoms with E-state index in [1.807, 2.05) is 18.2 Å². The molecule has 0 spiro atoms. The summed E-state index contributed by atoms with van der Waals surface area (Å²) in [6, 6.07) is 12.2. The van der Waals surface area contributed by atoms with E-state index in [4.69, 9.17) is 16.3 Å². The number of amides is 1. The second-order valence-electron chi connectivity index (χ2n) is 5.90. The van der Waals surface area contributed by atoms with Crippen LogP contribution < -0.4 is 26.2 Å². The van der Waals surface area contributed by atoms with E-state index in [-0.39, 0.29) is 18.2 Å². The fraction of sp³-hybridized carbons (Fsp3) is 0.105. The minimum absolute atomic E-state index is 0.0833. The van der Waals surface area contributed by atoms with Crippen molar-refractivity contribution in [3.05, 3.63) is 73.5 Å². The number of ether oxygens (including phenoxy) is 1. The first kappa shape index (κ1) is 16.4. The topological polar surface area (TPSA) is 84.5 Å². The highest BCUT2D eigenvalue weighted by molar-refractivity contribution is 6.31. The van der Waals surface area contributed by atoms with Crippen molar-refractivity contribution in [3.8, 4) is 16.9 Å². The number of fused-ring (bicyclic) bond motifs is 1. The molecule has 0 bridgehead atoms. The molecular weight excluding hydrogens is 356 g/mol. The van der Waals surface area contributed by atoms with Crippen LogP contribution in [0.15, 0.2) is 52.1 Å². The van der Waals surface area contributed by atoms with Crippen LogP contribution in [0.25, 0.3) is 11.1 Å². The van der Waals surface area contributed by atoms with Crippen molar-refractivity contribution < 1.29 is 9.53 Å². The molecule has 1 aliphatic rings. The van der Waals surface area contributed by atoms with E-state index >= 15 is 0 Å². The Bertz CT molecular complexity index is 1100. The predicted molar refractivity (Wildman–Crippen MR) is 99.7 cm³/mol. The van der Waals surface area contributed by atoms with E-state index in [0.717, 1.165) is 5.56 Å². The first-order valence-corrected chi connectivity index (χ1v) is 8.30. The van der Waals surface area contributed by atoms with Crippen LogP contribution in [-0.2, 0) is 11.3 Å². The second-order valence-corrected chi connectivity index (χ2v) is 6.31. The molecule has 3 aromatic carbocycles. The molecule has 7 heteroatoms. The first-order chi connectivity index (χ1) is 12.5. The molecule has 4 rings (SSSR count). The largest absolute Gasteiger partial charge is 0.482 e. The Morgan fingerprint density at radius 2 is 1.88 bits per heavy atom. The smallest absolute Gasteiger partial charge is 0.262 e. The van der Waals surface area contributed by atoms with Gasteiger partial charge in [-0.2, -0.15) is 0 Å². The quantitative estimate of drug-likeness (QED) is 0.691. The standard InChI is InChI=1S/C19H13ClN2O4/c20-12-4-2-1-3-11(12)8-21-17-16(18(24)19(17)25)10-5-6-13-14(7-10)26-9-15(23)22-13/h1-7,21H,8-9H2,(H,22,23). The minimum atomic E-state index is -0.556. The Hall–Kier alpha value is -3.12. The number of halogens is 1. The molecule has 0 aromatic heterocycles. The number of hydrogen-bond acceptors (Lipinski definition) is 5. The maximum absolute atomic E-state index is 12.1. The van der Waals surface area contributed by atoms with Crippen LogP contribution in [-0.4, -0.2) is 12.5 Å². The zero-order chi connectivity index (χ0) is 18.3. The molecule has 130 valence electrons. The van der Waals surface area contributed by atoms with Crippen molar-refractivity contribution in [2.45, 2.75) is 6.54 Å². The highest BCUT2D eigenvalue weighted by Gasteiger charge is 2.24. The molecular formula is C19H13ClN2O4. The lowest BCUT2D eigenvalue weighted by atomic mass is 9.97. The summed E-state index contributed by atoms with van der Waals surface area (Å²) in [6.45, 7) is 0.245. The summed E-state index contributed by atoms with van der Waals surface area (Å²) < 4.78 is 5.37. The van der Waals surface area contributed by atoms with Crippen LogP contribution in [0.2, 0.25) is 5.02 Å². The number of carbonyl (C=O) groups excluding carboxylic acids is 1. The third-order valence-corrected chi connectivity index (χ3v) is 4.60. The van der Waals surface area contributed by atoms with Gasteiger partial charge in [-0.1, -0.05) is 35.9 Å². The molecule has 1 heterocycles. The zero-order valence-corrected chi connectivity index (χ0v) is 14.2. The van der Waals surface area contributed by atoms with Gasteiger partial charge in [0, 0.05) is 11.6 Å². The number of rotatable bonds is 4. The molecule has 0 unspecified atom stereocenters. The van der Waals surface area contributed by atoms with Gasteiger partial charge < -0.3 is 15.4 Å². The second kappa shape index (κ2) is 6.31. The highest BCUT2D eigenvalue weighted by atomic mass is 35.5. The summed E-state index contributed by atoms with van der Waals surface area (Å²) in [5, 5.41) is 6.27. The van der Waals surface area contributed by atoms with Crippen molar-refractivity contribution in [3.63, 3.8) is 0 Å². The number of anilines is 2. The van der Waals surface area contributed by atoms with Gasteiger partial charge in [-0.05, 0) is 29.3 Å². The average Bonchev–Trinajstić information content (AvgIpc) is 2.65. The number of carbonyl (C=O) groups is 1. The van der Waals surface area contributed by atoms with Gasteiger partial charge in [0.2, 0.25) is 10.9 Å². The SMILES string of the molecule is O=C1COc2cc(-c3c(NCc4ccccc4Cl)c(=O)c3=O)ccc2N1. The average molecular weight is 369 g/mol. The van der Waals surface area contributed by atoms with Gasteiger partial charge in [-0.25, -0.2) is 0 Å². The van der Waals surface area contributed by atoms with Gasteiger partial charge >= 0.3 is 0 Å². The summed E-state index contributed by atoms with van der Waals surface area (Å²) in [5.74, 6) is 0.230. The number of benzene rings is 2. The summed E-state index contributed by atoms with van der Waals surface area (Å²) in [7, 11) is 0. The third-order valence-electron chi connectivity index (χ3n) is 4.23. The van der Waals surface area contributed by atoms with Crippen LogP contribution in [0, 0.1) is 0 Å². The van der Waals surface area contributed by atoms with Crippen LogP contribution in [0.1, 0.15) is 5.56 Å². The highest BCUT2D eigenvalue weighted by Crippen LogP contribution is 2.34. The Labute approximate surface area is 153 Å². The van der Waals surface area contributed by atoms with Gasteiger partial charge in [0.1, 0.15) is 5.75 Å². The fourth-order valence-electron chi connectivity index (χ4n) is 2.89. The molecule has 0 fully saturated rings. The first-order valence-electron chi connectivity index (χ1n) is 7.92. The molecule has 26 heavy (non-hydrogen) atoms. The van der Waals surface area contributed by atoms with Crippen LogP contribution in [0.4, 0.5) is 11.4 Å². The predicted octanol–water partition coefficient (Wildman–Crippen LogP) is 2.55. The van der Waals surface area contributed by atoms with Crippen molar-refractivity contribution in [2.24, 2.45) is 0 Å². The van der Waals surface area contributed by atoms with E-state index in [0.29, 0.717) is 34.1 Å². The van der Waals surface area contributed by atoms with E-state index < -0.39 is 10.9 Å². The maximum atomic E-state index is 12.1. The number of hydrogen-bond donors (Lipinski definition) is 2. The van der Waals surface area contributed by atoms with Crippen LogP contribution in [0.3, 0.4) is 0 Å². The Balaban J connectivity index is 1.64. The normalized spacial score (nSPS) is 13.0. The molecule has 1 amide bonds. The monoisotopic (exact) mass is 368 g/mol. The molecule has 0 radical (unpaired) electrons. The van der Waals surface area contributed by atoms with Crippen molar-refractivity contribution in [1.29, 1.82) is 0 Å². The Morgan fingerprint density at radius 3 is 2.69 bits per heavy atom. The summed E-state index contributed by atoms with van der Waals surface area (Å²) in [4.78, 5) is 35.4. The number of nitrogens with one attached hydrogen (secondary N) is 2. The van der Waals surface area contributed by atoms with Gasteiger partial charge in [-0.3, -0.25) is 14.4 Å². The van der Waals surface area contributed by atoms with E-state index in [9.17, 15) is 14.4 Å². The van der Waals surface area contributed by atoms with Crippen molar-refractivity contribution >= 4 is 28.9 Å². The Kier molecular flexibility index (Phi) is 3.97. The summed E-state index contributed by atoms with van der Waals surface area (Å²) in [6.07, 6.45) is 0. The summed E-state index contributed by atoms with van der Waals surface area (Å²) in [5.41, 5.74) is 1.38. The molecule has 0 atom stereocenters. The van der Waals surface area contributed by atoms with Gasteiger partial charge in [0.25, 0.3) is 5.91 Å². The third kappa shape index (κ3) is 2.74. The van der Waals surface area contributed by atoms with Crippen LogP contribution in [0.5, 0.6) is 5.75 Å². The van der Waals surface area contributed by atoms with E-state index in [1.54, 1.807) is 24.3 Å². The van der Waals surface area contributed by atoms with Crippen LogP contribution >= 0.6 is 11.6 Å². The molecule has 3 aromatic rings. The van der Waals surface area contributed by atoms with Gasteiger partial charge in [-0.15, -0.1) is 0 Å². The van der Waals surface area contributed by atoms with Crippen molar-refractivity contribution in [1.82, 2.24) is 0 Å². The van der Waals surface area contributed by atoms with E-state index in [2.05, 4.69) is 10.6 Å². The molecule has 0 saturated carbocycles. The van der Waals surface area contributed by atoms with Gasteiger partial charge in [0.15, 0.2) is 6.61 Å².